The number of nitrogens with zero attached hydrogens (tertiary/aromatic N) is 2. The van der Waals surface area contributed by atoms with E-state index in [-0.39, 0.29) is 12.1 Å². The summed E-state index contributed by atoms with van der Waals surface area (Å²) in [5.74, 6) is -3.82. The van der Waals surface area contributed by atoms with Crippen LogP contribution in [-0.4, -0.2) is 51.9 Å². The Morgan fingerprint density at radius 2 is 1.28 bits per heavy atom. The minimum absolute atomic E-state index is 0.00882. The number of carboxylic acid groups (broad SMARTS) is 2. The zero-order valence-corrected chi connectivity index (χ0v) is 19.7. The molecular formula is C25H21F6N3O5. The van der Waals surface area contributed by atoms with Crippen molar-refractivity contribution in [1.82, 2.24) is 10.3 Å². The summed E-state index contributed by atoms with van der Waals surface area (Å²) in [6, 6.07) is 24.3. The van der Waals surface area contributed by atoms with Crippen molar-refractivity contribution in [3.8, 4) is 5.75 Å². The molecule has 1 aliphatic heterocycles. The van der Waals surface area contributed by atoms with Crippen LogP contribution in [0.3, 0.4) is 0 Å². The molecule has 0 aliphatic carbocycles. The van der Waals surface area contributed by atoms with Gasteiger partial charge in [0.25, 0.3) is 0 Å². The van der Waals surface area contributed by atoms with Gasteiger partial charge >= 0.3 is 24.3 Å². The van der Waals surface area contributed by atoms with Crippen LogP contribution in [0.2, 0.25) is 0 Å². The minimum atomic E-state index is -5.08. The van der Waals surface area contributed by atoms with Crippen molar-refractivity contribution in [2.45, 2.75) is 24.4 Å². The average molecular weight is 557 g/mol. The topological polar surface area (TPSA) is 121 Å². The smallest absolute Gasteiger partial charge is 0.486 e. The second-order valence-electron chi connectivity index (χ2n) is 7.55. The third-order valence-corrected chi connectivity index (χ3v) is 4.72. The Morgan fingerprint density at radius 3 is 1.74 bits per heavy atom. The fourth-order valence-corrected chi connectivity index (χ4v) is 3.03. The summed E-state index contributed by atoms with van der Waals surface area (Å²) in [5, 5.41) is 17.8. The summed E-state index contributed by atoms with van der Waals surface area (Å²) in [6.45, 7) is 0.421. The van der Waals surface area contributed by atoms with Crippen LogP contribution in [-0.2, 0) is 9.59 Å². The van der Waals surface area contributed by atoms with Crippen LogP contribution in [0.25, 0.3) is 0 Å². The van der Waals surface area contributed by atoms with Crippen LogP contribution < -0.4 is 10.1 Å². The number of nitrogens with one attached hydrogen (secondary N) is 1. The van der Waals surface area contributed by atoms with E-state index in [9.17, 15) is 26.3 Å². The molecule has 0 amide bonds. The minimum Gasteiger partial charge on any atom is -0.486 e. The molecule has 208 valence electrons. The maximum absolute atomic E-state index is 10.6. The summed E-state index contributed by atoms with van der Waals surface area (Å²) in [5.41, 5.74) is 2.30. The van der Waals surface area contributed by atoms with E-state index in [1.807, 2.05) is 48.7 Å². The number of amidine groups is 1. The summed E-state index contributed by atoms with van der Waals surface area (Å²) < 4.78 is 69.3. The van der Waals surface area contributed by atoms with Gasteiger partial charge in [-0.15, -0.1) is 0 Å². The monoisotopic (exact) mass is 557 g/mol. The van der Waals surface area contributed by atoms with Gasteiger partial charge in [-0.25, -0.2) is 9.59 Å². The molecule has 1 aromatic heterocycles. The Kier molecular flexibility index (Phi) is 10.8. The number of alkyl halides is 6. The quantitative estimate of drug-likeness (QED) is 0.368. The van der Waals surface area contributed by atoms with E-state index < -0.39 is 24.3 Å². The van der Waals surface area contributed by atoms with Crippen LogP contribution in [0.1, 0.15) is 23.2 Å². The highest BCUT2D eigenvalue weighted by Gasteiger charge is 2.39. The second kappa shape index (κ2) is 13.8. The molecule has 0 fully saturated rings. The van der Waals surface area contributed by atoms with E-state index in [1.165, 1.54) is 5.56 Å². The number of para-hydroxylation sites is 1. The molecule has 0 spiro atoms. The predicted octanol–water partition coefficient (Wildman–Crippen LogP) is 5.21. The molecule has 0 saturated carbocycles. The number of halogens is 6. The summed E-state index contributed by atoms with van der Waals surface area (Å²) in [7, 11) is 0. The van der Waals surface area contributed by atoms with Crippen molar-refractivity contribution < 1.29 is 50.9 Å². The van der Waals surface area contributed by atoms with Gasteiger partial charge in [-0.3, -0.25) is 9.98 Å². The first-order chi connectivity index (χ1) is 18.3. The van der Waals surface area contributed by atoms with Crippen LogP contribution in [0.4, 0.5) is 26.3 Å². The molecule has 0 saturated heterocycles. The zero-order chi connectivity index (χ0) is 29.1. The Labute approximate surface area is 217 Å². The summed E-state index contributed by atoms with van der Waals surface area (Å²) >= 11 is 0. The molecule has 3 N–H and O–H groups in total. The SMILES string of the molecule is O=C(O)C(F)(F)F.O=C(O)C(F)(F)F.c1ccc(OCC2=N[C@H](c3cccnc3)[C@H](c3ccccc3)N2)cc1. The molecule has 2 atom stereocenters. The van der Waals surface area contributed by atoms with Crippen LogP contribution in [0, 0.1) is 0 Å². The number of aliphatic imine (C=N–C) groups is 1. The molecule has 39 heavy (non-hydrogen) atoms. The Hall–Kier alpha value is -4.62. The van der Waals surface area contributed by atoms with E-state index in [0.717, 1.165) is 17.1 Å². The predicted molar refractivity (Wildman–Crippen MR) is 126 cm³/mol. The van der Waals surface area contributed by atoms with Gasteiger partial charge in [0.2, 0.25) is 0 Å². The number of aromatic nitrogens is 1. The second-order valence-corrected chi connectivity index (χ2v) is 7.55. The van der Waals surface area contributed by atoms with Crippen LogP contribution >= 0.6 is 0 Å². The highest BCUT2D eigenvalue weighted by atomic mass is 19.4. The number of carboxylic acids is 2. The normalized spacial score (nSPS) is 16.3. The van der Waals surface area contributed by atoms with E-state index in [1.54, 1.807) is 6.20 Å². The molecule has 0 radical (unpaired) electrons. The first-order valence-electron chi connectivity index (χ1n) is 10.8. The molecule has 2 aromatic carbocycles. The van der Waals surface area contributed by atoms with E-state index in [4.69, 9.17) is 29.5 Å². The zero-order valence-electron chi connectivity index (χ0n) is 19.7. The third-order valence-electron chi connectivity index (χ3n) is 4.72. The van der Waals surface area contributed by atoms with E-state index in [2.05, 4.69) is 40.6 Å². The number of carbonyl (C=O) groups is 2. The molecule has 2 heterocycles. The van der Waals surface area contributed by atoms with Gasteiger partial charge in [-0.2, -0.15) is 26.3 Å². The van der Waals surface area contributed by atoms with Gasteiger partial charge in [0.05, 0.1) is 6.04 Å². The van der Waals surface area contributed by atoms with Gasteiger partial charge in [0, 0.05) is 12.4 Å². The van der Waals surface area contributed by atoms with Crippen LogP contribution in [0.5, 0.6) is 5.75 Å². The van der Waals surface area contributed by atoms with Crippen molar-refractivity contribution >= 4 is 17.8 Å². The lowest BCUT2D eigenvalue weighted by molar-refractivity contribution is -0.193. The largest absolute Gasteiger partial charge is 0.490 e. The molecule has 4 rings (SSSR count). The lowest BCUT2D eigenvalue weighted by Crippen LogP contribution is -2.28. The lowest BCUT2D eigenvalue weighted by atomic mass is 9.96. The van der Waals surface area contributed by atoms with E-state index in [0.29, 0.717) is 6.61 Å². The summed E-state index contributed by atoms with van der Waals surface area (Å²) in [4.78, 5) is 26.9. The van der Waals surface area contributed by atoms with Crippen molar-refractivity contribution in [1.29, 1.82) is 0 Å². The van der Waals surface area contributed by atoms with Gasteiger partial charge in [-0.1, -0.05) is 54.6 Å². The fraction of sp³-hybridized carbons (Fsp3) is 0.200. The molecule has 3 aromatic rings. The average Bonchev–Trinajstić information content (AvgIpc) is 3.33. The number of aliphatic carboxylic acids is 2. The molecule has 0 unspecified atom stereocenters. The number of pyridine rings is 1. The maximum atomic E-state index is 10.6. The fourth-order valence-electron chi connectivity index (χ4n) is 3.03. The highest BCUT2D eigenvalue weighted by Crippen LogP contribution is 2.35. The summed E-state index contributed by atoms with van der Waals surface area (Å²) in [6.07, 6.45) is -6.50. The first-order valence-corrected chi connectivity index (χ1v) is 10.8. The number of benzene rings is 2. The van der Waals surface area contributed by atoms with Gasteiger partial charge in [-0.05, 0) is 29.3 Å². The van der Waals surface area contributed by atoms with Gasteiger partial charge < -0.3 is 20.3 Å². The first kappa shape index (κ1) is 30.6. The van der Waals surface area contributed by atoms with Gasteiger partial charge in [0.15, 0.2) is 0 Å². The van der Waals surface area contributed by atoms with Crippen molar-refractivity contribution in [2.75, 3.05) is 6.61 Å². The van der Waals surface area contributed by atoms with Gasteiger partial charge in [0.1, 0.15) is 24.2 Å². The Bertz CT molecular complexity index is 1200. The maximum Gasteiger partial charge on any atom is 0.490 e. The van der Waals surface area contributed by atoms with Crippen molar-refractivity contribution in [2.24, 2.45) is 4.99 Å². The number of hydrogen-bond donors (Lipinski definition) is 3. The van der Waals surface area contributed by atoms with E-state index >= 15 is 0 Å². The van der Waals surface area contributed by atoms with Crippen molar-refractivity contribution in [3.63, 3.8) is 0 Å². The Balaban J connectivity index is 0.000000317. The molecular weight excluding hydrogens is 536 g/mol. The molecule has 1 aliphatic rings. The molecule has 8 nitrogen and oxygen atoms in total. The number of hydrogen-bond acceptors (Lipinski definition) is 6. The highest BCUT2D eigenvalue weighted by molar-refractivity contribution is 5.86. The third kappa shape index (κ3) is 10.3. The standard InChI is InChI=1S/C21H19N3O.2C2HF3O2/c1-3-8-16(9-4-1)20-21(17-10-7-13-22-14-17)24-19(23-20)15-25-18-11-5-2-6-12-18;2*3-2(4,5)1(6)7/h1-14,20-21H,15H2,(H,23,24);2*(H,6,7)/t20-,21+;;/m0../s1. The Morgan fingerprint density at radius 1 is 0.795 bits per heavy atom. The van der Waals surface area contributed by atoms with Crippen molar-refractivity contribution in [3.05, 3.63) is 96.3 Å². The lowest BCUT2D eigenvalue weighted by Gasteiger charge is -2.19. The van der Waals surface area contributed by atoms with Crippen LogP contribution in [0.15, 0.2) is 90.2 Å². The molecule has 0 bridgehead atoms. The molecule has 14 heteroatoms. The number of ether oxygens (including phenoxy) is 1. The number of rotatable bonds is 5.